The molecule has 0 heterocycles. The van der Waals surface area contributed by atoms with E-state index >= 15 is 0 Å². The van der Waals surface area contributed by atoms with Crippen molar-refractivity contribution in [3.05, 3.63) is 23.8 Å². The van der Waals surface area contributed by atoms with Gasteiger partial charge in [-0.05, 0) is 18.6 Å². The minimum Gasteiger partial charge on any atom is -0.493 e. The Kier molecular flexibility index (Phi) is 4.64. The minimum atomic E-state index is -0.426. The van der Waals surface area contributed by atoms with E-state index in [1.54, 1.807) is 18.2 Å². The van der Waals surface area contributed by atoms with Crippen molar-refractivity contribution in [2.45, 2.75) is 13.3 Å². The van der Waals surface area contributed by atoms with Crippen LogP contribution in [0.1, 0.15) is 23.7 Å². The summed E-state index contributed by atoms with van der Waals surface area (Å²) >= 11 is 0. The van der Waals surface area contributed by atoms with Gasteiger partial charge in [-0.25, -0.2) is 4.79 Å². The van der Waals surface area contributed by atoms with Crippen molar-refractivity contribution in [3.63, 3.8) is 0 Å². The maximum absolute atomic E-state index is 11.5. The lowest BCUT2D eigenvalue weighted by Gasteiger charge is -2.13. The summed E-state index contributed by atoms with van der Waals surface area (Å²) in [5.41, 5.74) is 0.385. The number of rotatable bonds is 5. The van der Waals surface area contributed by atoms with E-state index < -0.39 is 5.97 Å². The van der Waals surface area contributed by atoms with E-state index in [4.69, 9.17) is 9.47 Å². The molecule has 0 amide bonds. The average Bonchev–Trinajstić information content (AvgIpc) is 2.34. The number of ether oxygens (including phenoxy) is 3. The molecule has 0 atom stereocenters. The van der Waals surface area contributed by atoms with Gasteiger partial charge in [0.1, 0.15) is 5.56 Å². The van der Waals surface area contributed by atoms with Gasteiger partial charge in [0.15, 0.2) is 11.5 Å². The molecular weight excluding hydrogens is 208 g/mol. The van der Waals surface area contributed by atoms with Crippen LogP contribution >= 0.6 is 0 Å². The summed E-state index contributed by atoms with van der Waals surface area (Å²) in [6.07, 6.45) is 0.860. The maximum atomic E-state index is 11.5. The Hall–Kier alpha value is -1.71. The first-order chi connectivity index (χ1) is 7.74. The molecule has 1 rings (SSSR count). The summed E-state index contributed by atoms with van der Waals surface area (Å²) in [5, 5.41) is 0. The first-order valence-electron chi connectivity index (χ1n) is 5.12. The number of hydrogen-bond donors (Lipinski definition) is 0. The smallest absolute Gasteiger partial charge is 0.341 e. The van der Waals surface area contributed by atoms with Crippen molar-refractivity contribution < 1.29 is 19.0 Å². The zero-order chi connectivity index (χ0) is 12.0. The Morgan fingerprint density at radius 2 is 2.06 bits per heavy atom. The van der Waals surface area contributed by atoms with E-state index in [1.165, 1.54) is 14.2 Å². The molecule has 0 spiro atoms. The molecule has 4 nitrogen and oxygen atoms in total. The third-order valence-electron chi connectivity index (χ3n) is 2.05. The fourth-order valence-electron chi connectivity index (χ4n) is 1.30. The average molecular weight is 224 g/mol. The predicted octanol–water partition coefficient (Wildman–Crippen LogP) is 2.27. The normalized spacial score (nSPS) is 9.69. The standard InChI is InChI=1S/C12H16O4/c1-4-8-16-11-9(12(13)15-3)6-5-7-10(11)14-2/h5-7H,4,8H2,1-3H3. The molecule has 16 heavy (non-hydrogen) atoms. The highest BCUT2D eigenvalue weighted by Gasteiger charge is 2.17. The van der Waals surface area contributed by atoms with E-state index in [0.29, 0.717) is 23.7 Å². The molecule has 0 N–H and O–H groups in total. The third-order valence-corrected chi connectivity index (χ3v) is 2.05. The lowest BCUT2D eigenvalue weighted by Crippen LogP contribution is -2.07. The van der Waals surface area contributed by atoms with Crippen LogP contribution < -0.4 is 9.47 Å². The third kappa shape index (κ3) is 2.66. The molecule has 0 unspecified atom stereocenters. The van der Waals surface area contributed by atoms with Crippen LogP contribution in [-0.2, 0) is 4.74 Å². The lowest BCUT2D eigenvalue weighted by atomic mass is 10.2. The van der Waals surface area contributed by atoms with E-state index in [-0.39, 0.29) is 0 Å². The van der Waals surface area contributed by atoms with Crippen LogP contribution in [0.4, 0.5) is 0 Å². The SMILES string of the molecule is CCCOc1c(OC)cccc1C(=O)OC. The highest BCUT2D eigenvalue weighted by atomic mass is 16.5. The molecule has 0 saturated carbocycles. The first kappa shape index (κ1) is 12.4. The lowest BCUT2D eigenvalue weighted by molar-refractivity contribution is 0.0595. The number of methoxy groups -OCH3 is 2. The van der Waals surface area contributed by atoms with Gasteiger partial charge in [-0.1, -0.05) is 13.0 Å². The monoisotopic (exact) mass is 224 g/mol. The molecule has 0 aliphatic heterocycles. The Morgan fingerprint density at radius 3 is 2.62 bits per heavy atom. The molecule has 0 bridgehead atoms. The Bertz CT molecular complexity index is 360. The number of benzene rings is 1. The minimum absolute atomic E-state index is 0.385. The van der Waals surface area contributed by atoms with Gasteiger partial charge in [0.25, 0.3) is 0 Å². The van der Waals surface area contributed by atoms with Gasteiger partial charge < -0.3 is 14.2 Å². The van der Waals surface area contributed by atoms with E-state index in [1.807, 2.05) is 6.92 Å². The fourth-order valence-corrected chi connectivity index (χ4v) is 1.30. The molecule has 0 saturated heterocycles. The van der Waals surface area contributed by atoms with Crippen molar-refractivity contribution in [2.24, 2.45) is 0 Å². The number of para-hydroxylation sites is 1. The zero-order valence-corrected chi connectivity index (χ0v) is 9.78. The molecule has 0 aliphatic rings. The zero-order valence-electron chi connectivity index (χ0n) is 9.78. The molecule has 0 fully saturated rings. The Labute approximate surface area is 95.1 Å². The largest absolute Gasteiger partial charge is 0.493 e. The number of carbonyl (C=O) groups is 1. The van der Waals surface area contributed by atoms with Crippen LogP contribution in [0.2, 0.25) is 0 Å². The van der Waals surface area contributed by atoms with Crippen molar-refractivity contribution >= 4 is 5.97 Å². The summed E-state index contributed by atoms with van der Waals surface area (Å²) in [4.78, 5) is 11.5. The van der Waals surface area contributed by atoms with E-state index in [0.717, 1.165) is 6.42 Å². The Morgan fingerprint density at radius 1 is 1.31 bits per heavy atom. The highest BCUT2D eigenvalue weighted by molar-refractivity contribution is 5.93. The topological polar surface area (TPSA) is 44.8 Å². The van der Waals surface area contributed by atoms with Crippen LogP contribution in [0.15, 0.2) is 18.2 Å². The van der Waals surface area contributed by atoms with Crippen molar-refractivity contribution in [1.82, 2.24) is 0 Å². The Balaban J connectivity index is 3.09. The van der Waals surface area contributed by atoms with Crippen molar-refractivity contribution in [1.29, 1.82) is 0 Å². The van der Waals surface area contributed by atoms with Gasteiger partial charge in [-0.15, -0.1) is 0 Å². The van der Waals surface area contributed by atoms with Crippen molar-refractivity contribution in [2.75, 3.05) is 20.8 Å². The number of hydrogen-bond acceptors (Lipinski definition) is 4. The molecule has 0 aromatic heterocycles. The molecule has 1 aromatic rings. The van der Waals surface area contributed by atoms with Crippen LogP contribution in [0, 0.1) is 0 Å². The molecule has 1 aromatic carbocycles. The van der Waals surface area contributed by atoms with Crippen molar-refractivity contribution in [3.8, 4) is 11.5 Å². The van der Waals surface area contributed by atoms with Crippen LogP contribution in [-0.4, -0.2) is 26.8 Å². The maximum Gasteiger partial charge on any atom is 0.341 e. The molecule has 4 heteroatoms. The summed E-state index contributed by atoms with van der Waals surface area (Å²) in [6.45, 7) is 2.53. The number of carbonyl (C=O) groups excluding carboxylic acids is 1. The predicted molar refractivity (Wildman–Crippen MR) is 60.1 cm³/mol. The fraction of sp³-hybridized carbons (Fsp3) is 0.417. The van der Waals surface area contributed by atoms with Gasteiger partial charge in [-0.2, -0.15) is 0 Å². The molecule has 0 radical (unpaired) electrons. The van der Waals surface area contributed by atoms with E-state index in [2.05, 4.69) is 4.74 Å². The van der Waals surface area contributed by atoms with Crippen LogP contribution in [0.25, 0.3) is 0 Å². The van der Waals surface area contributed by atoms with Crippen LogP contribution in [0.5, 0.6) is 11.5 Å². The molecule has 88 valence electrons. The van der Waals surface area contributed by atoms with Crippen LogP contribution in [0.3, 0.4) is 0 Å². The summed E-state index contributed by atoms with van der Waals surface area (Å²) in [7, 11) is 2.88. The number of esters is 1. The summed E-state index contributed by atoms with van der Waals surface area (Å²) in [6, 6.07) is 5.13. The molecule has 0 aliphatic carbocycles. The van der Waals surface area contributed by atoms with Gasteiger partial charge in [0, 0.05) is 0 Å². The van der Waals surface area contributed by atoms with Gasteiger partial charge in [0.2, 0.25) is 0 Å². The quantitative estimate of drug-likeness (QED) is 0.720. The van der Waals surface area contributed by atoms with Gasteiger partial charge in [0.05, 0.1) is 20.8 Å². The van der Waals surface area contributed by atoms with Gasteiger partial charge in [-0.3, -0.25) is 0 Å². The molecular formula is C12H16O4. The van der Waals surface area contributed by atoms with Gasteiger partial charge >= 0.3 is 5.97 Å². The summed E-state index contributed by atoms with van der Waals surface area (Å²) < 4.78 is 15.3. The second-order valence-corrected chi connectivity index (χ2v) is 3.18. The first-order valence-corrected chi connectivity index (χ1v) is 5.12. The second kappa shape index (κ2) is 6.00. The van der Waals surface area contributed by atoms with E-state index in [9.17, 15) is 4.79 Å². The highest BCUT2D eigenvalue weighted by Crippen LogP contribution is 2.31. The summed E-state index contributed by atoms with van der Waals surface area (Å²) in [5.74, 6) is 0.556. The second-order valence-electron chi connectivity index (χ2n) is 3.18.